The minimum atomic E-state index is -0.930. The zero-order valence-electron chi connectivity index (χ0n) is 13.9. The summed E-state index contributed by atoms with van der Waals surface area (Å²) in [5.41, 5.74) is 2.07. The van der Waals surface area contributed by atoms with E-state index in [2.05, 4.69) is 17.0 Å². The van der Waals surface area contributed by atoms with Crippen molar-refractivity contribution in [2.45, 2.75) is 18.9 Å². The summed E-state index contributed by atoms with van der Waals surface area (Å²) in [4.78, 5) is 14.4. The first-order valence-electron chi connectivity index (χ1n) is 8.33. The van der Waals surface area contributed by atoms with Crippen LogP contribution in [0.15, 0.2) is 42.0 Å². The summed E-state index contributed by atoms with van der Waals surface area (Å²) < 4.78 is 0. The Kier molecular flexibility index (Phi) is 5.13. The van der Waals surface area contributed by atoms with E-state index in [9.17, 15) is 15.2 Å². The number of fused-ring (bicyclic) bond motifs is 1. The number of aliphatic hydroxyl groups excluding tert-OH is 2. The molecule has 2 N–H and O–H groups in total. The van der Waals surface area contributed by atoms with Gasteiger partial charge in [-0.2, -0.15) is 5.26 Å². The van der Waals surface area contributed by atoms with Gasteiger partial charge in [0.05, 0.1) is 18.3 Å². The monoisotopic (exact) mass is 336 g/mol. The van der Waals surface area contributed by atoms with Crippen molar-refractivity contribution in [3.8, 4) is 6.07 Å². The van der Waals surface area contributed by atoms with Crippen molar-refractivity contribution in [1.82, 2.24) is 0 Å². The van der Waals surface area contributed by atoms with Gasteiger partial charge in [0.1, 0.15) is 6.07 Å². The van der Waals surface area contributed by atoms with Gasteiger partial charge < -0.3 is 15.1 Å². The molecule has 5 heteroatoms. The van der Waals surface area contributed by atoms with E-state index in [1.54, 1.807) is 6.08 Å². The minimum absolute atomic E-state index is 0.0356. The zero-order chi connectivity index (χ0) is 17.8. The fourth-order valence-corrected chi connectivity index (χ4v) is 2.71. The lowest BCUT2D eigenvalue weighted by molar-refractivity contribution is -0.115. The van der Waals surface area contributed by atoms with Gasteiger partial charge in [-0.25, -0.2) is 0 Å². The van der Waals surface area contributed by atoms with Crippen molar-refractivity contribution in [3.63, 3.8) is 0 Å². The molecule has 0 amide bonds. The molecule has 0 radical (unpaired) electrons. The molecule has 1 aliphatic rings. The van der Waals surface area contributed by atoms with E-state index in [0.717, 1.165) is 29.4 Å². The number of ketones is 1. The second kappa shape index (κ2) is 7.47. The number of nitrogens with zero attached hydrogens (tertiary/aromatic N) is 2. The number of carbonyl (C=O) groups is 1. The number of hydrogen-bond donors (Lipinski definition) is 2. The Labute approximate surface area is 146 Å². The predicted octanol–water partition coefficient (Wildman–Crippen LogP) is 2.27. The molecular weight excluding hydrogens is 316 g/mol. The van der Waals surface area contributed by atoms with Crippen LogP contribution in [0.25, 0.3) is 16.8 Å². The molecule has 1 heterocycles. The molecular formula is C20H20N2O3. The number of Topliss-reactive ketones (excluding diaryl/α,β-unsaturated/α-hetero) is 1. The van der Waals surface area contributed by atoms with Gasteiger partial charge in [0.25, 0.3) is 0 Å². The highest BCUT2D eigenvalue weighted by atomic mass is 16.3. The Bertz CT molecular complexity index is 863. The number of anilines is 1. The molecule has 25 heavy (non-hydrogen) atoms. The highest BCUT2D eigenvalue weighted by Gasteiger charge is 2.17. The van der Waals surface area contributed by atoms with Crippen molar-refractivity contribution >= 4 is 28.3 Å². The normalized spacial score (nSPS) is 15.1. The molecule has 1 fully saturated rings. The first-order valence-corrected chi connectivity index (χ1v) is 8.33. The van der Waals surface area contributed by atoms with Crippen LogP contribution in [0.5, 0.6) is 0 Å². The molecule has 0 aromatic heterocycles. The molecule has 3 rings (SSSR count). The number of hydrogen-bond acceptors (Lipinski definition) is 5. The lowest BCUT2D eigenvalue weighted by Crippen LogP contribution is -2.14. The maximum absolute atomic E-state index is 12.1. The maximum Gasteiger partial charge on any atom is 0.173 e. The number of rotatable bonds is 7. The summed E-state index contributed by atoms with van der Waals surface area (Å²) in [6, 6.07) is 14.0. The van der Waals surface area contributed by atoms with Crippen LogP contribution in [-0.4, -0.2) is 41.8 Å². The van der Waals surface area contributed by atoms with Crippen LogP contribution in [0.2, 0.25) is 0 Å². The second-order valence-corrected chi connectivity index (χ2v) is 6.25. The molecule has 2 aromatic rings. The number of nitriles is 1. The topological polar surface area (TPSA) is 84.3 Å². The van der Waals surface area contributed by atoms with Crippen molar-refractivity contribution in [3.05, 3.63) is 47.5 Å². The van der Waals surface area contributed by atoms with Crippen LogP contribution in [-0.2, 0) is 4.79 Å². The van der Waals surface area contributed by atoms with Crippen LogP contribution >= 0.6 is 0 Å². The number of allylic oxidation sites excluding steroid dienone is 1. The Morgan fingerprint density at radius 3 is 2.64 bits per heavy atom. The molecule has 1 atom stereocenters. The smallest absolute Gasteiger partial charge is 0.173 e. The van der Waals surface area contributed by atoms with E-state index >= 15 is 0 Å². The summed E-state index contributed by atoms with van der Waals surface area (Å²) in [5, 5.41) is 29.5. The minimum Gasteiger partial charge on any atom is -0.394 e. The fourth-order valence-electron chi connectivity index (χ4n) is 2.71. The Morgan fingerprint density at radius 1 is 1.24 bits per heavy atom. The van der Waals surface area contributed by atoms with Crippen LogP contribution in [0.1, 0.15) is 18.4 Å². The van der Waals surface area contributed by atoms with Gasteiger partial charge in [0.2, 0.25) is 0 Å². The SMILES string of the molecule is N#C/C(=C\c1ccc2cc(N3CC3)ccc2c1)C(=O)CCC(O)CO. The van der Waals surface area contributed by atoms with Crippen LogP contribution < -0.4 is 4.90 Å². The van der Waals surface area contributed by atoms with Gasteiger partial charge in [0.15, 0.2) is 5.78 Å². The average molecular weight is 336 g/mol. The fraction of sp³-hybridized carbons (Fsp3) is 0.300. The van der Waals surface area contributed by atoms with E-state index in [-0.39, 0.29) is 30.8 Å². The van der Waals surface area contributed by atoms with E-state index in [4.69, 9.17) is 5.11 Å². The third kappa shape index (κ3) is 4.24. The molecule has 2 aromatic carbocycles. The summed E-state index contributed by atoms with van der Waals surface area (Å²) in [6.45, 7) is 1.82. The molecule has 128 valence electrons. The Morgan fingerprint density at radius 2 is 1.96 bits per heavy atom. The highest BCUT2D eigenvalue weighted by Crippen LogP contribution is 2.27. The van der Waals surface area contributed by atoms with Crippen molar-refractivity contribution in [1.29, 1.82) is 5.26 Å². The number of benzene rings is 2. The third-order valence-electron chi connectivity index (χ3n) is 4.31. The molecule has 1 unspecified atom stereocenters. The molecule has 5 nitrogen and oxygen atoms in total. The zero-order valence-corrected chi connectivity index (χ0v) is 13.9. The summed E-state index contributed by atoms with van der Waals surface area (Å²) in [5.74, 6) is -0.327. The largest absolute Gasteiger partial charge is 0.394 e. The number of carbonyl (C=O) groups excluding carboxylic acids is 1. The molecule has 1 saturated heterocycles. The van der Waals surface area contributed by atoms with E-state index in [1.165, 1.54) is 5.69 Å². The van der Waals surface area contributed by atoms with Gasteiger partial charge in [-0.1, -0.05) is 18.2 Å². The van der Waals surface area contributed by atoms with E-state index < -0.39 is 6.10 Å². The van der Waals surface area contributed by atoms with Crippen LogP contribution in [0.4, 0.5) is 5.69 Å². The Balaban J connectivity index is 1.79. The Hall–Kier alpha value is -2.68. The standard InChI is InChI=1S/C20H20N2O3/c21-12-17(20(25)6-5-19(24)13-23)10-14-1-2-16-11-18(22-7-8-22)4-3-15(16)9-14/h1-4,9-11,19,23-24H,5-8,13H2/b17-10+. The first kappa shape index (κ1) is 17.2. The van der Waals surface area contributed by atoms with E-state index in [1.807, 2.05) is 30.3 Å². The molecule has 0 aliphatic carbocycles. The summed E-state index contributed by atoms with van der Waals surface area (Å²) in [7, 11) is 0. The first-order chi connectivity index (χ1) is 12.1. The molecule has 0 saturated carbocycles. The lowest BCUT2D eigenvalue weighted by atomic mass is 10.0. The average Bonchev–Trinajstić information content (AvgIpc) is 3.48. The third-order valence-corrected chi connectivity index (χ3v) is 4.31. The van der Waals surface area contributed by atoms with Crippen molar-refractivity contribution in [2.75, 3.05) is 24.6 Å². The van der Waals surface area contributed by atoms with Crippen molar-refractivity contribution < 1.29 is 15.0 Å². The van der Waals surface area contributed by atoms with Gasteiger partial charge in [-0.3, -0.25) is 4.79 Å². The lowest BCUT2D eigenvalue weighted by Gasteiger charge is -2.07. The van der Waals surface area contributed by atoms with Crippen molar-refractivity contribution in [2.24, 2.45) is 0 Å². The van der Waals surface area contributed by atoms with E-state index in [0.29, 0.717) is 0 Å². The molecule has 0 spiro atoms. The molecule has 0 bridgehead atoms. The van der Waals surface area contributed by atoms with Gasteiger partial charge >= 0.3 is 0 Å². The second-order valence-electron chi connectivity index (χ2n) is 6.25. The predicted molar refractivity (Wildman–Crippen MR) is 97.1 cm³/mol. The van der Waals surface area contributed by atoms with Crippen LogP contribution in [0.3, 0.4) is 0 Å². The molecule has 1 aliphatic heterocycles. The van der Waals surface area contributed by atoms with Gasteiger partial charge in [-0.05, 0) is 47.0 Å². The summed E-state index contributed by atoms with van der Waals surface area (Å²) in [6.07, 6.45) is 0.825. The quantitative estimate of drug-likeness (QED) is 0.460. The maximum atomic E-state index is 12.1. The van der Waals surface area contributed by atoms with Gasteiger partial charge in [-0.15, -0.1) is 0 Å². The van der Waals surface area contributed by atoms with Crippen LogP contribution in [0, 0.1) is 11.3 Å². The highest BCUT2D eigenvalue weighted by molar-refractivity contribution is 6.03. The summed E-state index contributed by atoms with van der Waals surface area (Å²) >= 11 is 0. The van der Waals surface area contributed by atoms with Gasteiger partial charge in [0, 0.05) is 25.2 Å². The number of aliphatic hydroxyl groups is 2.